The summed E-state index contributed by atoms with van der Waals surface area (Å²) < 4.78 is 1.81. The lowest BCUT2D eigenvalue weighted by Gasteiger charge is -2.04. The Hall–Kier alpha value is -2.38. The summed E-state index contributed by atoms with van der Waals surface area (Å²) in [6.07, 6.45) is 2.23. The van der Waals surface area contributed by atoms with E-state index < -0.39 is 0 Å². The van der Waals surface area contributed by atoms with Gasteiger partial charge in [-0.05, 0) is 6.92 Å². The van der Waals surface area contributed by atoms with E-state index in [0.29, 0.717) is 24.2 Å². The maximum Gasteiger partial charge on any atom is 0.256 e. The highest BCUT2D eigenvalue weighted by molar-refractivity contribution is 5.99. The number of amides is 1. The number of nitrogen functional groups attached to an aromatic ring is 1. The number of H-pyrrole nitrogens is 1. The third-order valence-corrected chi connectivity index (χ3v) is 2.64. The highest BCUT2D eigenvalue weighted by Crippen LogP contribution is 2.11. The number of rotatable bonds is 4. The molecule has 0 saturated heterocycles. The van der Waals surface area contributed by atoms with Crippen LogP contribution in [-0.4, -0.2) is 37.4 Å². The van der Waals surface area contributed by atoms with Crippen LogP contribution in [0.4, 0.5) is 5.82 Å². The second-order valence-corrected chi connectivity index (χ2v) is 3.97. The zero-order chi connectivity index (χ0) is 13.1. The number of carbonyl (C=O) groups is 1. The van der Waals surface area contributed by atoms with Crippen LogP contribution < -0.4 is 11.1 Å². The van der Waals surface area contributed by atoms with E-state index in [9.17, 15) is 4.79 Å². The van der Waals surface area contributed by atoms with Gasteiger partial charge in [0.05, 0.1) is 0 Å². The molecule has 0 unspecified atom stereocenters. The number of aromatic amines is 1. The van der Waals surface area contributed by atoms with Gasteiger partial charge in [0.1, 0.15) is 17.7 Å². The van der Waals surface area contributed by atoms with E-state index in [2.05, 4.69) is 25.7 Å². The molecule has 0 aliphatic rings. The molecule has 2 rings (SSSR count). The van der Waals surface area contributed by atoms with Crippen molar-refractivity contribution < 1.29 is 4.79 Å². The lowest BCUT2D eigenvalue weighted by Crippen LogP contribution is -2.27. The molecule has 18 heavy (non-hydrogen) atoms. The van der Waals surface area contributed by atoms with Gasteiger partial charge >= 0.3 is 0 Å². The zero-order valence-electron chi connectivity index (χ0n) is 10.3. The van der Waals surface area contributed by atoms with Gasteiger partial charge in [0.15, 0.2) is 5.82 Å². The van der Waals surface area contributed by atoms with E-state index in [1.165, 1.54) is 0 Å². The number of aryl methyl sites for hydroxylation is 2. The summed E-state index contributed by atoms with van der Waals surface area (Å²) in [5, 5.41) is 16.9. The highest BCUT2D eigenvalue weighted by Gasteiger charge is 2.15. The Kier molecular flexibility index (Phi) is 3.26. The van der Waals surface area contributed by atoms with Crippen LogP contribution in [0.2, 0.25) is 0 Å². The number of anilines is 1. The van der Waals surface area contributed by atoms with Gasteiger partial charge in [-0.15, -0.1) is 10.2 Å². The molecule has 0 spiro atoms. The predicted octanol–water partition coefficient (Wildman–Crippen LogP) is -0.599. The maximum atomic E-state index is 11.9. The number of nitrogens with zero attached hydrogens (tertiary/aromatic N) is 4. The van der Waals surface area contributed by atoms with Crippen LogP contribution in [0.1, 0.15) is 21.9 Å². The van der Waals surface area contributed by atoms with Crippen LogP contribution >= 0.6 is 0 Å². The van der Waals surface area contributed by atoms with Crippen molar-refractivity contribution in [2.75, 3.05) is 12.3 Å². The molecule has 2 aromatic heterocycles. The second kappa shape index (κ2) is 4.86. The topological polar surface area (TPSA) is 115 Å². The first-order chi connectivity index (χ1) is 8.59. The van der Waals surface area contributed by atoms with E-state index in [4.69, 9.17) is 5.73 Å². The third-order valence-electron chi connectivity index (χ3n) is 2.64. The molecule has 96 valence electrons. The molecule has 2 heterocycles. The van der Waals surface area contributed by atoms with Crippen molar-refractivity contribution in [2.45, 2.75) is 13.3 Å². The van der Waals surface area contributed by atoms with E-state index in [-0.39, 0.29) is 11.7 Å². The van der Waals surface area contributed by atoms with E-state index in [1.807, 2.05) is 11.6 Å². The van der Waals surface area contributed by atoms with Crippen LogP contribution in [0.3, 0.4) is 0 Å². The number of carbonyl (C=O) groups excluding carboxylic acids is 1. The average molecular weight is 249 g/mol. The van der Waals surface area contributed by atoms with Crippen LogP contribution in [0.5, 0.6) is 0 Å². The number of hydrogen-bond donors (Lipinski definition) is 3. The monoisotopic (exact) mass is 249 g/mol. The van der Waals surface area contributed by atoms with Gasteiger partial charge in [0.25, 0.3) is 5.91 Å². The van der Waals surface area contributed by atoms with Gasteiger partial charge in [-0.3, -0.25) is 9.89 Å². The number of hydrogen-bond acceptors (Lipinski definition) is 5. The van der Waals surface area contributed by atoms with Gasteiger partial charge in [-0.25, -0.2) is 0 Å². The van der Waals surface area contributed by atoms with Gasteiger partial charge in [0.2, 0.25) is 0 Å². The zero-order valence-corrected chi connectivity index (χ0v) is 10.3. The fourth-order valence-electron chi connectivity index (χ4n) is 1.64. The lowest BCUT2D eigenvalue weighted by atomic mass is 10.2. The van der Waals surface area contributed by atoms with Crippen molar-refractivity contribution >= 4 is 11.7 Å². The number of aromatic nitrogens is 5. The molecule has 0 saturated carbocycles. The Morgan fingerprint density at radius 1 is 1.61 bits per heavy atom. The minimum atomic E-state index is -0.235. The minimum Gasteiger partial charge on any atom is -0.382 e. The van der Waals surface area contributed by atoms with Gasteiger partial charge in [-0.2, -0.15) is 5.10 Å². The van der Waals surface area contributed by atoms with Crippen molar-refractivity contribution in [3.63, 3.8) is 0 Å². The molecule has 0 radical (unpaired) electrons. The number of nitrogens with two attached hydrogens (primary N) is 1. The summed E-state index contributed by atoms with van der Waals surface area (Å²) in [4.78, 5) is 11.9. The molecular formula is C10H15N7O. The largest absolute Gasteiger partial charge is 0.382 e. The summed E-state index contributed by atoms with van der Waals surface area (Å²) in [5.41, 5.74) is 6.66. The standard InChI is InChI=1S/C10H15N7O/c1-6-8(9(11)16-14-6)10(18)12-4-3-7-15-13-5-17(7)2/h5H,3-4H2,1-2H3,(H,12,18)(H3,11,14,16). The molecule has 2 aromatic rings. The molecule has 0 bridgehead atoms. The van der Waals surface area contributed by atoms with Gasteiger partial charge in [-0.1, -0.05) is 0 Å². The Labute approximate surface area is 104 Å². The molecule has 4 N–H and O–H groups in total. The van der Waals surface area contributed by atoms with E-state index in [0.717, 1.165) is 5.82 Å². The molecule has 8 nitrogen and oxygen atoms in total. The average Bonchev–Trinajstić information content (AvgIpc) is 2.86. The Morgan fingerprint density at radius 2 is 2.39 bits per heavy atom. The van der Waals surface area contributed by atoms with Crippen LogP contribution in [0.15, 0.2) is 6.33 Å². The van der Waals surface area contributed by atoms with Crippen molar-refractivity contribution in [3.05, 3.63) is 23.4 Å². The lowest BCUT2D eigenvalue weighted by molar-refractivity contribution is 0.0954. The first-order valence-corrected chi connectivity index (χ1v) is 5.51. The van der Waals surface area contributed by atoms with E-state index in [1.54, 1.807) is 13.3 Å². The fraction of sp³-hybridized carbons (Fsp3) is 0.400. The van der Waals surface area contributed by atoms with Gasteiger partial charge < -0.3 is 15.6 Å². The molecule has 0 atom stereocenters. The summed E-state index contributed by atoms with van der Waals surface area (Å²) in [6, 6.07) is 0. The van der Waals surface area contributed by atoms with Crippen LogP contribution in [-0.2, 0) is 13.5 Å². The maximum absolute atomic E-state index is 11.9. The van der Waals surface area contributed by atoms with Crippen molar-refractivity contribution in [2.24, 2.45) is 7.05 Å². The summed E-state index contributed by atoms with van der Waals surface area (Å²) in [7, 11) is 1.86. The normalized spacial score (nSPS) is 10.6. The summed E-state index contributed by atoms with van der Waals surface area (Å²) in [5.74, 6) is 0.789. The quantitative estimate of drug-likeness (QED) is 0.669. The SMILES string of the molecule is Cc1[nH]nc(N)c1C(=O)NCCc1nncn1C. The van der Waals surface area contributed by atoms with Crippen molar-refractivity contribution in [1.29, 1.82) is 0 Å². The second-order valence-electron chi connectivity index (χ2n) is 3.97. The summed E-state index contributed by atoms with van der Waals surface area (Å²) >= 11 is 0. The van der Waals surface area contributed by atoms with Crippen LogP contribution in [0, 0.1) is 6.92 Å². The van der Waals surface area contributed by atoms with Crippen molar-refractivity contribution in [1.82, 2.24) is 30.3 Å². The van der Waals surface area contributed by atoms with E-state index >= 15 is 0 Å². The van der Waals surface area contributed by atoms with Gasteiger partial charge in [0, 0.05) is 25.7 Å². The third kappa shape index (κ3) is 2.31. The molecule has 0 aliphatic carbocycles. The first kappa shape index (κ1) is 12.1. The molecule has 0 aliphatic heterocycles. The Balaban J connectivity index is 1.92. The van der Waals surface area contributed by atoms with Crippen molar-refractivity contribution in [3.8, 4) is 0 Å². The molecule has 1 amide bonds. The molecule has 0 fully saturated rings. The highest BCUT2D eigenvalue weighted by atomic mass is 16.1. The molecule has 8 heteroatoms. The van der Waals surface area contributed by atoms with Crippen LogP contribution in [0.25, 0.3) is 0 Å². The molecule has 0 aromatic carbocycles. The fourth-order valence-corrected chi connectivity index (χ4v) is 1.64. The molecular weight excluding hydrogens is 234 g/mol. The summed E-state index contributed by atoms with van der Waals surface area (Å²) in [6.45, 7) is 2.22. The first-order valence-electron chi connectivity index (χ1n) is 5.51. The minimum absolute atomic E-state index is 0.212. The smallest absolute Gasteiger partial charge is 0.256 e. The Morgan fingerprint density at radius 3 is 2.94 bits per heavy atom. The Bertz CT molecular complexity index is 537. The predicted molar refractivity (Wildman–Crippen MR) is 64.8 cm³/mol. The number of nitrogens with one attached hydrogen (secondary N) is 2.